The molecule has 1 aliphatic rings. The SMILES string of the molecule is CCC1C(=O)NCCN1c1ccnc(Cl)c1. The lowest BCUT2D eigenvalue weighted by Crippen LogP contribution is -2.55. The van der Waals surface area contributed by atoms with Gasteiger partial charge in [0.15, 0.2) is 0 Å². The van der Waals surface area contributed by atoms with E-state index in [-0.39, 0.29) is 11.9 Å². The van der Waals surface area contributed by atoms with Crippen LogP contribution in [0.4, 0.5) is 5.69 Å². The Morgan fingerprint density at radius 3 is 3.19 bits per heavy atom. The van der Waals surface area contributed by atoms with Gasteiger partial charge in [-0.25, -0.2) is 4.98 Å². The van der Waals surface area contributed by atoms with E-state index in [9.17, 15) is 4.79 Å². The Bertz CT molecular complexity index is 397. The number of carbonyl (C=O) groups excluding carboxylic acids is 1. The van der Waals surface area contributed by atoms with Gasteiger partial charge in [0.05, 0.1) is 0 Å². The van der Waals surface area contributed by atoms with Crippen LogP contribution < -0.4 is 10.2 Å². The molecule has 0 radical (unpaired) electrons. The third-order valence-electron chi connectivity index (χ3n) is 2.76. The lowest BCUT2D eigenvalue weighted by Gasteiger charge is -2.36. The van der Waals surface area contributed by atoms with Crippen molar-refractivity contribution >= 4 is 23.2 Å². The van der Waals surface area contributed by atoms with E-state index in [4.69, 9.17) is 11.6 Å². The van der Waals surface area contributed by atoms with E-state index in [0.717, 1.165) is 18.7 Å². The van der Waals surface area contributed by atoms with Gasteiger partial charge in [-0.1, -0.05) is 18.5 Å². The van der Waals surface area contributed by atoms with Gasteiger partial charge in [0.1, 0.15) is 11.2 Å². The fraction of sp³-hybridized carbons (Fsp3) is 0.455. The average molecular weight is 240 g/mol. The number of nitrogens with zero attached hydrogens (tertiary/aromatic N) is 2. The zero-order valence-electron chi connectivity index (χ0n) is 9.11. The second-order valence-corrected chi connectivity index (χ2v) is 4.13. The Labute approximate surface area is 99.6 Å². The smallest absolute Gasteiger partial charge is 0.242 e. The van der Waals surface area contributed by atoms with Gasteiger partial charge < -0.3 is 10.2 Å². The molecule has 1 fully saturated rings. The average Bonchev–Trinajstić information content (AvgIpc) is 2.28. The molecule has 0 aliphatic carbocycles. The molecule has 0 saturated carbocycles. The third kappa shape index (κ3) is 2.11. The van der Waals surface area contributed by atoms with E-state index in [1.165, 1.54) is 0 Å². The molecule has 1 aromatic rings. The molecule has 2 heterocycles. The summed E-state index contributed by atoms with van der Waals surface area (Å²) < 4.78 is 0. The molecule has 1 N–H and O–H groups in total. The van der Waals surface area contributed by atoms with Crippen molar-refractivity contribution in [1.29, 1.82) is 0 Å². The van der Waals surface area contributed by atoms with Crippen molar-refractivity contribution in [3.05, 3.63) is 23.5 Å². The third-order valence-corrected chi connectivity index (χ3v) is 2.97. The Hall–Kier alpha value is -1.29. The monoisotopic (exact) mass is 239 g/mol. The van der Waals surface area contributed by atoms with E-state index >= 15 is 0 Å². The second kappa shape index (κ2) is 4.70. The summed E-state index contributed by atoms with van der Waals surface area (Å²) in [6.45, 7) is 3.49. The van der Waals surface area contributed by atoms with E-state index in [1.807, 2.05) is 13.0 Å². The van der Waals surface area contributed by atoms with Crippen LogP contribution in [0.2, 0.25) is 5.15 Å². The van der Waals surface area contributed by atoms with Crippen molar-refractivity contribution < 1.29 is 4.79 Å². The number of rotatable bonds is 2. The van der Waals surface area contributed by atoms with Crippen LogP contribution in [-0.4, -0.2) is 30.0 Å². The number of hydrogen-bond donors (Lipinski definition) is 1. The number of piperazine rings is 1. The van der Waals surface area contributed by atoms with E-state index in [1.54, 1.807) is 12.3 Å². The molecular weight excluding hydrogens is 226 g/mol. The predicted molar refractivity (Wildman–Crippen MR) is 63.7 cm³/mol. The highest BCUT2D eigenvalue weighted by atomic mass is 35.5. The van der Waals surface area contributed by atoms with Crippen molar-refractivity contribution in [2.24, 2.45) is 0 Å². The maximum absolute atomic E-state index is 11.7. The largest absolute Gasteiger partial charge is 0.358 e. The second-order valence-electron chi connectivity index (χ2n) is 3.75. The van der Waals surface area contributed by atoms with Gasteiger partial charge in [0.25, 0.3) is 0 Å². The molecule has 1 aromatic heterocycles. The van der Waals surface area contributed by atoms with Crippen LogP contribution in [0.15, 0.2) is 18.3 Å². The number of amides is 1. The van der Waals surface area contributed by atoms with Crippen molar-refractivity contribution in [2.45, 2.75) is 19.4 Å². The van der Waals surface area contributed by atoms with Gasteiger partial charge in [-0.05, 0) is 18.6 Å². The molecule has 0 bridgehead atoms. The number of pyridine rings is 1. The molecule has 0 spiro atoms. The van der Waals surface area contributed by atoms with Crippen LogP contribution in [0.25, 0.3) is 0 Å². The first-order chi connectivity index (χ1) is 7.72. The summed E-state index contributed by atoms with van der Waals surface area (Å²) in [5, 5.41) is 3.32. The Balaban J connectivity index is 2.27. The van der Waals surface area contributed by atoms with Crippen LogP contribution in [0.5, 0.6) is 0 Å². The molecule has 86 valence electrons. The Kier molecular flexibility index (Phi) is 3.29. The summed E-state index contributed by atoms with van der Waals surface area (Å²) in [5.74, 6) is 0.0849. The molecule has 4 nitrogen and oxygen atoms in total. The number of anilines is 1. The molecule has 1 amide bonds. The van der Waals surface area contributed by atoms with E-state index in [0.29, 0.717) is 11.7 Å². The number of nitrogens with one attached hydrogen (secondary N) is 1. The van der Waals surface area contributed by atoms with Gasteiger partial charge in [0.2, 0.25) is 5.91 Å². The zero-order chi connectivity index (χ0) is 11.5. The lowest BCUT2D eigenvalue weighted by molar-refractivity contribution is -0.123. The fourth-order valence-electron chi connectivity index (χ4n) is 2.00. The number of carbonyl (C=O) groups is 1. The minimum absolute atomic E-state index is 0.0849. The molecule has 5 heteroatoms. The molecule has 2 rings (SSSR count). The summed E-state index contributed by atoms with van der Waals surface area (Å²) in [7, 11) is 0. The Morgan fingerprint density at radius 1 is 1.69 bits per heavy atom. The lowest BCUT2D eigenvalue weighted by atomic mass is 10.1. The van der Waals surface area contributed by atoms with Crippen LogP contribution >= 0.6 is 11.6 Å². The van der Waals surface area contributed by atoms with Gasteiger partial charge in [-0.3, -0.25) is 4.79 Å². The molecular formula is C11H14ClN3O. The summed E-state index contributed by atoms with van der Waals surface area (Å²) in [4.78, 5) is 17.7. The van der Waals surface area contributed by atoms with Crippen LogP contribution in [0.3, 0.4) is 0 Å². The molecule has 1 saturated heterocycles. The standard InChI is InChI=1S/C11H14ClN3O/c1-2-9-11(16)14-5-6-15(9)8-3-4-13-10(12)7-8/h3-4,7,9H,2,5-6H2,1H3,(H,14,16). The van der Waals surface area contributed by atoms with Crippen molar-refractivity contribution in [3.63, 3.8) is 0 Å². The van der Waals surface area contributed by atoms with Crippen molar-refractivity contribution in [1.82, 2.24) is 10.3 Å². The van der Waals surface area contributed by atoms with Crippen LogP contribution in [0, 0.1) is 0 Å². The molecule has 1 unspecified atom stereocenters. The highest BCUT2D eigenvalue weighted by Gasteiger charge is 2.28. The van der Waals surface area contributed by atoms with Gasteiger partial charge in [0, 0.05) is 25.0 Å². The van der Waals surface area contributed by atoms with Crippen LogP contribution in [0.1, 0.15) is 13.3 Å². The molecule has 1 atom stereocenters. The first-order valence-electron chi connectivity index (χ1n) is 5.38. The maximum Gasteiger partial charge on any atom is 0.242 e. The molecule has 1 aliphatic heterocycles. The summed E-state index contributed by atoms with van der Waals surface area (Å²) in [5.41, 5.74) is 0.960. The predicted octanol–water partition coefficient (Wildman–Crippen LogP) is 1.45. The molecule has 16 heavy (non-hydrogen) atoms. The first-order valence-corrected chi connectivity index (χ1v) is 5.76. The Morgan fingerprint density at radius 2 is 2.50 bits per heavy atom. The number of aromatic nitrogens is 1. The minimum atomic E-state index is -0.104. The van der Waals surface area contributed by atoms with E-state index in [2.05, 4.69) is 15.2 Å². The topological polar surface area (TPSA) is 45.2 Å². The zero-order valence-corrected chi connectivity index (χ0v) is 9.87. The maximum atomic E-state index is 11.7. The number of hydrogen-bond acceptors (Lipinski definition) is 3. The molecule has 0 aromatic carbocycles. The van der Waals surface area contributed by atoms with E-state index < -0.39 is 0 Å². The summed E-state index contributed by atoms with van der Waals surface area (Å²) in [6.07, 6.45) is 2.45. The van der Waals surface area contributed by atoms with Crippen molar-refractivity contribution in [3.8, 4) is 0 Å². The highest BCUT2D eigenvalue weighted by Crippen LogP contribution is 2.22. The number of halogens is 1. The van der Waals surface area contributed by atoms with Gasteiger partial charge in [-0.15, -0.1) is 0 Å². The fourth-order valence-corrected chi connectivity index (χ4v) is 2.17. The van der Waals surface area contributed by atoms with Crippen LogP contribution in [-0.2, 0) is 4.79 Å². The summed E-state index contributed by atoms with van der Waals surface area (Å²) in [6, 6.07) is 3.57. The summed E-state index contributed by atoms with van der Waals surface area (Å²) >= 11 is 5.85. The highest BCUT2D eigenvalue weighted by molar-refractivity contribution is 6.29. The van der Waals surface area contributed by atoms with Gasteiger partial charge in [-0.2, -0.15) is 0 Å². The van der Waals surface area contributed by atoms with Crippen molar-refractivity contribution in [2.75, 3.05) is 18.0 Å². The van der Waals surface area contributed by atoms with Gasteiger partial charge >= 0.3 is 0 Å². The first kappa shape index (κ1) is 11.2. The quantitative estimate of drug-likeness (QED) is 0.795. The normalized spacial score (nSPS) is 20.8. The minimum Gasteiger partial charge on any atom is -0.358 e.